The number of nitrogens with zero attached hydrogens (tertiary/aromatic N) is 3. The minimum atomic E-state index is -4.48. The number of rotatable bonds is 4. The maximum Gasteiger partial charge on any atom is 0.416 e. The van der Waals surface area contributed by atoms with E-state index in [0.29, 0.717) is 12.1 Å². The van der Waals surface area contributed by atoms with Gasteiger partial charge in [0.25, 0.3) is 5.91 Å². The van der Waals surface area contributed by atoms with Gasteiger partial charge in [0.05, 0.1) is 17.6 Å². The molecule has 0 aliphatic carbocycles. The first kappa shape index (κ1) is 18.7. The van der Waals surface area contributed by atoms with Crippen molar-refractivity contribution in [1.82, 2.24) is 15.0 Å². The largest absolute Gasteiger partial charge is 0.416 e. The number of benzene rings is 3. The van der Waals surface area contributed by atoms with Crippen LogP contribution in [0.3, 0.4) is 0 Å². The van der Waals surface area contributed by atoms with E-state index in [-0.39, 0.29) is 11.3 Å². The first-order chi connectivity index (χ1) is 13.9. The van der Waals surface area contributed by atoms with Crippen LogP contribution in [-0.4, -0.2) is 20.9 Å². The quantitative estimate of drug-likeness (QED) is 0.542. The van der Waals surface area contributed by atoms with Crippen molar-refractivity contribution in [2.75, 3.05) is 5.32 Å². The van der Waals surface area contributed by atoms with E-state index in [2.05, 4.69) is 15.6 Å². The van der Waals surface area contributed by atoms with E-state index in [1.807, 2.05) is 30.3 Å². The molecule has 0 radical (unpaired) electrons. The summed E-state index contributed by atoms with van der Waals surface area (Å²) < 4.78 is 40.2. The van der Waals surface area contributed by atoms with Gasteiger partial charge in [-0.1, -0.05) is 41.6 Å². The maximum atomic E-state index is 12.8. The number of hydrogen-bond donors (Lipinski definition) is 1. The summed E-state index contributed by atoms with van der Waals surface area (Å²) in [6.07, 6.45) is -4.48. The minimum absolute atomic E-state index is 0.0673. The van der Waals surface area contributed by atoms with Gasteiger partial charge in [-0.3, -0.25) is 4.79 Å². The summed E-state index contributed by atoms with van der Waals surface area (Å²) in [5, 5.41) is 10.7. The molecular formula is C21H15F3N4O. The maximum absolute atomic E-state index is 12.8. The van der Waals surface area contributed by atoms with Crippen LogP contribution < -0.4 is 5.32 Å². The zero-order valence-corrected chi connectivity index (χ0v) is 15.0. The van der Waals surface area contributed by atoms with E-state index in [4.69, 9.17) is 0 Å². The third-order valence-corrected chi connectivity index (χ3v) is 4.40. The van der Waals surface area contributed by atoms with Crippen LogP contribution in [0, 0.1) is 0 Å². The Morgan fingerprint density at radius 3 is 2.52 bits per heavy atom. The number of anilines is 1. The zero-order valence-electron chi connectivity index (χ0n) is 15.0. The molecule has 0 bridgehead atoms. The van der Waals surface area contributed by atoms with Gasteiger partial charge in [0, 0.05) is 11.3 Å². The molecule has 1 heterocycles. The molecule has 5 nitrogen and oxygen atoms in total. The molecule has 8 heteroatoms. The Bertz CT molecular complexity index is 1170. The highest BCUT2D eigenvalue weighted by molar-refractivity contribution is 6.05. The standard InChI is InChI=1S/C21H15F3N4O/c22-21(23,24)16-7-4-8-17(12-16)25-20(29)15-9-10-19-18(11-15)26-27-28(19)13-14-5-2-1-3-6-14/h1-12H,13H2,(H,25,29). The van der Waals surface area contributed by atoms with Crippen molar-refractivity contribution in [3.63, 3.8) is 0 Å². The van der Waals surface area contributed by atoms with Gasteiger partial charge in [-0.2, -0.15) is 13.2 Å². The van der Waals surface area contributed by atoms with Crippen LogP contribution in [0.25, 0.3) is 11.0 Å². The molecule has 0 aliphatic heterocycles. The molecule has 29 heavy (non-hydrogen) atoms. The van der Waals surface area contributed by atoms with Gasteiger partial charge in [-0.05, 0) is 42.0 Å². The molecule has 0 unspecified atom stereocenters. The van der Waals surface area contributed by atoms with E-state index < -0.39 is 17.6 Å². The van der Waals surface area contributed by atoms with Crippen molar-refractivity contribution in [1.29, 1.82) is 0 Å². The zero-order chi connectivity index (χ0) is 20.4. The van der Waals surface area contributed by atoms with Crippen LogP contribution in [0.1, 0.15) is 21.5 Å². The number of nitrogens with one attached hydrogen (secondary N) is 1. The summed E-state index contributed by atoms with van der Waals surface area (Å²) in [6.45, 7) is 0.535. The fraction of sp³-hybridized carbons (Fsp3) is 0.0952. The van der Waals surface area contributed by atoms with Crippen molar-refractivity contribution in [3.8, 4) is 0 Å². The second-order valence-corrected chi connectivity index (χ2v) is 6.47. The SMILES string of the molecule is O=C(Nc1cccc(C(F)(F)F)c1)c1ccc2c(c1)nnn2Cc1ccccc1. The van der Waals surface area contributed by atoms with E-state index in [0.717, 1.165) is 23.2 Å². The molecule has 0 fully saturated rings. The lowest BCUT2D eigenvalue weighted by Crippen LogP contribution is -2.13. The second-order valence-electron chi connectivity index (χ2n) is 6.47. The van der Waals surface area contributed by atoms with E-state index >= 15 is 0 Å². The topological polar surface area (TPSA) is 59.8 Å². The first-order valence-corrected chi connectivity index (χ1v) is 8.76. The van der Waals surface area contributed by atoms with Crippen molar-refractivity contribution >= 4 is 22.6 Å². The van der Waals surface area contributed by atoms with Gasteiger partial charge in [-0.25, -0.2) is 4.68 Å². The Labute approximate surface area is 163 Å². The van der Waals surface area contributed by atoms with Crippen LogP contribution >= 0.6 is 0 Å². The molecular weight excluding hydrogens is 381 g/mol. The highest BCUT2D eigenvalue weighted by Crippen LogP contribution is 2.30. The molecule has 0 saturated heterocycles. The molecule has 1 amide bonds. The highest BCUT2D eigenvalue weighted by atomic mass is 19.4. The second kappa shape index (κ2) is 7.38. The Kier molecular flexibility index (Phi) is 4.75. The van der Waals surface area contributed by atoms with Crippen molar-refractivity contribution in [2.24, 2.45) is 0 Å². The van der Waals surface area contributed by atoms with Crippen molar-refractivity contribution in [2.45, 2.75) is 12.7 Å². The van der Waals surface area contributed by atoms with Gasteiger partial charge in [0.1, 0.15) is 5.52 Å². The summed E-state index contributed by atoms with van der Waals surface area (Å²) in [7, 11) is 0. The van der Waals surface area contributed by atoms with Gasteiger partial charge in [0.2, 0.25) is 0 Å². The van der Waals surface area contributed by atoms with Crippen LogP contribution in [0.15, 0.2) is 72.8 Å². The molecule has 1 N–H and O–H groups in total. The third-order valence-electron chi connectivity index (χ3n) is 4.40. The number of hydrogen-bond acceptors (Lipinski definition) is 3. The predicted octanol–water partition coefficient (Wildman–Crippen LogP) is 4.75. The number of alkyl halides is 3. The summed E-state index contributed by atoms with van der Waals surface area (Å²) in [5.41, 5.74) is 1.86. The summed E-state index contributed by atoms with van der Waals surface area (Å²) in [4.78, 5) is 12.5. The summed E-state index contributed by atoms with van der Waals surface area (Å²) in [6, 6.07) is 19.1. The Morgan fingerprint density at radius 2 is 1.76 bits per heavy atom. The molecule has 1 aromatic heterocycles. The first-order valence-electron chi connectivity index (χ1n) is 8.76. The number of fused-ring (bicyclic) bond motifs is 1. The molecule has 3 aromatic carbocycles. The fourth-order valence-electron chi connectivity index (χ4n) is 2.96. The molecule has 0 spiro atoms. The lowest BCUT2D eigenvalue weighted by molar-refractivity contribution is -0.137. The van der Waals surface area contributed by atoms with Crippen molar-refractivity contribution in [3.05, 3.63) is 89.5 Å². The summed E-state index contributed by atoms with van der Waals surface area (Å²) >= 11 is 0. The van der Waals surface area contributed by atoms with Crippen LogP contribution in [-0.2, 0) is 12.7 Å². The highest BCUT2D eigenvalue weighted by Gasteiger charge is 2.30. The number of carbonyl (C=O) groups excluding carboxylic acids is 1. The van der Waals surface area contributed by atoms with Gasteiger partial charge in [-0.15, -0.1) is 5.10 Å². The number of halogens is 3. The minimum Gasteiger partial charge on any atom is -0.322 e. The monoisotopic (exact) mass is 396 g/mol. The molecule has 0 atom stereocenters. The molecule has 146 valence electrons. The van der Waals surface area contributed by atoms with E-state index in [1.54, 1.807) is 22.9 Å². The average molecular weight is 396 g/mol. The number of amides is 1. The van der Waals surface area contributed by atoms with Crippen LogP contribution in [0.2, 0.25) is 0 Å². The van der Waals surface area contributed by atoms with Gasteiger partial charge in [0.15, 0.2) is 0 Å². The lowest BCUT2D eigenvalue weighted by Gasteiger charge is -2.10. The predicted molar refractivity (Wildman–Crippen MR) is 102 cm³/mol. The Morgan fingerprint density at radius 1 is 0.966 bits per heavy atom. The number of aromatic nitrogens is 3. The van der Waals surface area contributed by atoms with Crippen LogP contribution in [0.5, 0.6) is 0 Å². The van der Waals surface area contributed by atoms with E-state index in [9.17, 15) is 18.0 Å². The third kappa shape index (κ3) is 4.11. The average Bonchev–Trinajstić information content (AvgIpc) is 3.10. The van der Waals surface area contributed by atoms with Gasteiger partial charge >= 0.3 is 6.18 Å². The fourth-order valence-corrected chi connectivity index (χ4v) is 2.96. The number of carbonyl (C=O) groups is 1. The molecule has 0 aliphatic rings. The molecule has 0 saturated carbocycles. The Hall–Kier alpha value is -3.68. The van der Waals surface area contributed by atoms with Gasteiger partial charge < -0.3 is 5.32 Å². The molecule has 4 rings (SSSR count). The van der Waals surface area contributed by atoms with Crippen molar-refractivity contribution < 1.29 is 18.0 Å². The Balaban J connectivity index is 1.55. The van der Waals surface area contributed by atoms with E-state index in [1.165, 1.54) is 12.1 Å². The normalized spacial score (nSPS) is 11.6. The van der Waals surface area contributed by atoms with Crippen LogP contribution in [0.4, 0.5) is 18.9 Å². The summed E-state index contributed by atoms with van der Waals surface area (Å²) in [5.74, 6) is -0.524. The smallest absolute Gasteiger partial charge is 0.322 e. The lowest BCUT2D eigenvalue weighted by atomic mass is 10.1. The molecule has 4 aromatic rings.